The number of carbonyl (C=O) groups is 2. The molecule has 1 heterocycles. The van der Waals surface area contributed by atoms with Crippen molar-refractivity contribution in [2.45, 2.75) is 6.92 Å². The molecule has 0 N–H and O–H groups in total. The maximum atomic E-state index is 12.6. The van der Waals surface area contributed by atoms with Gasteiger partial charge in [0, 0.05) is 17.6 Å². The smallest absolute Gasteiger partial charge is 0.349 e. The van der Waals surface area contributed by atoms with Gasteiger partial charge in [-0.1, -0.05) is 22.0 Å². The number of carbonyl (C=O) groups excluding carboxylic acids is 2. The topological polar surface area (TPSA) is 98.1 Å². The van der Waals surface area contributed by atoms with E-state index < -0.39 is 5.97 Å². The number of aryl methyl sites for hydroxylation is 1. The molecule has 172 valence electrons. The van der Waals surface area contributed by atoms with Gasteiger partial charge >= 0.3 is 5.97 Å². The summed E-state index contributed by atoms with van der Waals surface area (Å²) in [6.07, 6.45) is 1.48. The second-order valence-corrected chi connectivity index (χ2v) is 8.01. The van der Waals surface area contributed by atoms with E-state index in [2.05, 4.69) is 15.9 Å². The van der Waals surface area contributed by atoms with E-state index in [1.165, 1.54) is 13.2 Å². The summed E-state index contributed by atoms with van der Waals surface area (Å²) in [5.41, 5.74) is 1.54. The number of amides is 1. The number of rotatable bonds is 7. The number of benzene rings is 2. The molecule has 1 aliphatic rings. The molecule has 1 aliphatic heterocycles. The van der Waals surface area contributed by atoms with Gasteiger partial charge in [0.2, 0.25) is 0 Å². The van der Waals surface area contributed by atoms with Gasteiger partial charge in [0.05, 0.1) is 20.3 Å². The molecule has 0 bridgehead atoms. The molecule has 0 aromatic heterocycles. The van der Waals surface area contributed by atoms with Crippen LogP contribution in [0.25, 0.3) is 6.08 Å². The van der Waals surface area contributed by atoms with Gasteiger partial charge < -0.3 is 23.8 Å². The summed E-state index contributed by atoms with van der Waals surface area (Å²) in [6, 6.07) is 12.1. The lowest BCUT2D eigenvalue weighted by molar-refractivity contribution is -0.136. The third kappa shape index (κ3) is 6.57. The summed E-state index contributed by atoms with van der Waals surface area (Å²) in [6.45, 7) is 3.42. The molecule has 0 spiro atoms. The van der Waals surface area contributed by atoms with Crippen LogP contribution in [0.5, 0.6) is 17.2 Å². The zero-order chi connectivity index (χ0) is 23.8. The number of ether oxygens (including phenoxy) is 4. The highest BCUT2D eigenvalue weighted by molar-refractivity contribution is 9.10. The first kappa shape index (κ1) is 24.3. The third-order valence-electron chi connectivity index (χ3n) is 4.86. The Hall–Kier alpha value is -3.35. The standard InChI is InChI=1S/C24H23BrN2O6/c1-16-11-19(4-5-20(16)25)32-15-23(28)33-21-6-3-17(13-22(21)30-2)12-18(14-26)24(29)27-7-9-31-10-8-27/h3-6,11-13H,7-10,15H2,1-2H3/b18-12+. The van der Waals surface area contributed by atoms with Gasteiger partial charge in [-0.3, -0.25) is 4.79 Å². The molecule has 0 atom stereocenters. The van der Waals surface area contributed by atoms with Crippen molar-refractivity contribution in [2.24, 2.45) is 0 Å². The Morgan fingerprint density at radius 1 is 1.18 bits per heavy atom. The highest BCUT2D eigenvalue weighted by atomic mass is 79.9. The van der Waals surface area contributed by atoms with E-state index in [0.717, 1.165) is 10.0 Å². The van der Waals surface area contributed by atoms with Gasteiger partial charge in [-0.2, -0.15) is 5.26 Å². The first-order valence-electron chi connectivity index (χ1n) is 10.2. The zero-order valence-electron chi connectivity index (χ0n) is 18.3. The molecule has 8 nitrogen and oxygen atoms in total. The normalized spacial score (nSPS) is 13.8. The van der Waals surface area contributed by atoms with E-state index in [4.69, 9.17) is 18.9 Å². The van der Waals surface area contributed by atoms with Crippen molar-refractivity contribution in [3.05, 3.63) is 57.6 Å². The molecule has 1 amide bonds. The van der Waals surface area contributed by atoms with Crippen molar-refractivity contribution in [1.29, 1.82) is 5.26 Å². The lowest BCUT2D eigenvalue weighted by atomic mass is 10.1. The Morgan fingerprint density at radius 2 is 1.94 bits per heavy atom. The van der Waals surface area contributed by atoms with Crippen molar-refractivity contribution in [3.63, 3.8) is 0 Å². The summed E-state index contributed by atoms with van der Waals surface area (Å²) in [5.74, 6) is 0.0861. The number of hydrogen-bond donors (Lipinski definition) is 0. The highest BCUT2D eigenvalue weighted by Crippen LogP contribution is 2.29. The number of esters is 1. The van der Waals surface area contributed by atoms with Crippen LogP contribution in [0.15, 0.2) is 46.4 Å². The molecule has 33 heavy (non-hydrogen) atoms. The lowest BCUT2D eigenvalue weighted by Crippen LogP contribution is -2.41. The van der Waals surface area contributed by atoms with Crippen molar-refractivity contribution in [1.82, 2.24) is 4.90 Å². The van der Waals surface area contributed by atoms with Crippen LogP contribution < -0.4 is 14.2 Å². The maximum Gasteiger partial charge on any atom is 0.349 e. The minimum absolute atomic E-state index is 0.00175. The van der Waals surface area contributed by atoms with Crippen LogP contribution in [0.3, 0.4) is 0 Å². The summed E-state index contributed by atoms with van der Waals surface area (Å²) >= 11 is 3.41. The summed E-state index contributed by atoms with van der Waals surface area (Å²) in [5, 5.41) is 9.46. The Bertz CT molecular complexity index is 1100. The Morgan fingerprint density at radius 3 is 2.61 bits per heavy atom. The van der Waals surface area contributed by atoms with Gasteiger partial charge in [0.15, 0.2) is 18.1 Å². The van der Waals surface area contributed by atoms with Gasteiger partial charge in [0.1, 0.15) is 17.4 Å². The second-order valence-electron chi connectivity index (χ2n) is 7.16. The quantitative estimate of drug-likeness (QED) is 0.241. The lowest BCUT2D eigenvalue weighted by Gasteiger charge is -2.26. The summed E-state index contributed by atoms with van der Waals surface area (Å²) in [4.78, 5) is 26.4. The van der Waals surface area contributed by atoms with Crippen molar-refractivity contribution in [3.8, 4) is 23.3 Å². The predicted octanol–water partition coefficient (Wildman–Crippen LogP) is 3.52. The van der Waals surface area contributed by atoms with Gasteiger partial charge in [-0.05, 0) is 54.5 Å². The predicted molar refractivity (Wildman–Crippen MR) is 124 cm³/mol. The molecule has 0 unspecified atom stereocenters. The molecule has 9 heteroatoms. The van der Waals surface area contributed by atoms with Crippen LogP contribution >= 0.6 is 15.9 Å². The van der Waals surface area contributed by atoms with Crippen molar-refractivity contribution < 1.29 is 28.5 Å². The average Bonchev–Trinajstić information content (AvgIpc) is 2.84. The second kappa shape index (κ2) is 11.5. The number of hydrogen-bond acceptors (Lipinski definition) is 7. The summed E-state index contributed by atoms with van der Waals surface area (Å²) in [7, 11) is 1.44. The van der Waals surface area contributed by atoms with Crippen LogP contribution in [0.1, 0.15) is 11.1 Å². The van der Waals surface area contributed by atoms with E-state index in [1.807, 2.05) is 25.1 Å². The molecule has 1 fully saturated rings. The molecule has 3 rings (SSSR count). The van der Waals surface area contributed by atoms with E-state index in [9.17, 15) is 14.9 Å². The molecular weight excluding hydrogens is 492 g/mol. The van der Waals surface area contributed by atoms with Crippen LogP contribution in [-0.2, 0) is 14.3 Å². The summed E-state index contributed by atoms with van der Waals surface area (Å²) < 4.78 is 22.4. The fourth-order valence-corrected chi connectivity index (χ4v) is 3.35. The SMILES string of the molecule is COc1cc(/C=C(\C#N)C(=O)N2CCOCC2)ccc1OC(=O)COc1ccc(Br)c(C)c1. The number of halogens is 1. The Kier molecular flexibility index (Phi) is 8.46. The molecule has 0 radical (unpaired) electrons. The van der Waals surface area contributed by atoms with E-state index in [1.54, 1.807) is 29.2 Å². The van der Waals surface area contributed by atoms with Gasteiger partial charge in [-0.15, -0.1) is 0 Å². The molecule has 0 aliphatic carbocycles. The van der Waals surface area contributed by atoms with E-state index in [0.29, 0.717) is 37.6 Å². The molecule has 2 aromatic carbocycles. The first-order valence-corrected chi connectivity index (χ1v) is 11.0. The van der Waals surface area contributed by atoms with E-state index in [-0.39, 0.29) is 29.6 Å². The number of nitrogens with zero attached hydrogens (tertiary/aromatic N) is 2. The highest BCUT2D eigenvalue weighted by Gasteiger charge is 2.21. The first-order chi connectivity index (χ1) is 15.9. The van der Waals surface area contributed by atoms with Crippen LogP contribution in [0.4, 0.5) is 0 Å². The number of methoxy groups -OCH3 is 1. The van der Waals surface area contributed by atoms with Crippen LogP contribution in [-0.4, -0.2) is 56.8 Å². The third-order valence-corrected chi connectivity index (χ3v) is 5.75. The van der Waals surface area contributed by atoms with Crippen LogP contribution in [0, 0.1) is 18.3 Å². The maximum absolute atomic E-state index is 12.6. The molecule has 0 saturated carbocycles. The minimum atomic E-state index is -0.600. The number of nitriles is 1. The van der Waals surface area contributed by atoms with Gasteiger partial charge in [0.25, 0.3) is 5.91 Å². The zero-order valence-corrected chi connectivity index (χ0v) is 19.9. The Labute approximate surface area is 200 Å². The Balaban J connectivity index is 1.67. The minimum Gasteiger partial charge on any atom is -0.493 e. The monoisotopic (exact) mass is 514 g/mol. The molecule has 1 saturated heterocycles. The molecular formula is C24H23BrN2O6. The molecule has 2 aromatic rings. The van der Waals surface area contributed by atoms with Crippen molar-refractivity contribution >= 4 is 33.9 Å². The fraction of sp³-hybridized carbons (Fsp3) is 0.292. The average molecular weight is 515 g/mol. The number of morpholine rings is 1. The van der Waals surface area contributed by atoms with E-state index >= 15 is 0 Å². The van der Waals surface area contributed by atoms with Crippen LogP contribution in [0.2, 0.25) is 0 Å². The van der Waals surface area contributed by atoms with Crippen molar-refractivity contribution in [2.75, 3.05) is 40.0 Å². The van der Waals surface area contributed by atoms with Gasteiger partial charge in [-0.25, -0.2) is 4.79 Å². The largest absolute Gasteiger partial charge is 0.493 e. The fourth-order valence-electron chi connectivity index (χ4n) is 3.10.